The number of hydrogen-bond acceptors (Lipinski definition) is 2. The van der Waals surface area contributed by atoms with Crippen LogP contribution in [0.15, 0.2) is 42.6 Å². The molecule has 0 unspecified atom stereocenters. The van der Waals surface area contributed by atoms with Crippen LogP contribution >= 0.6 is 0 Å². The van der Waals surface area contributed by atoms with Gasteiger partial charge in [-0.2, -0.15) is 0 Å². The van der Waals surface area contributed by atoms with Crippen LogP contribution in [0.1, 0.15) is 16.1 Å². The maximum absolute atomic E-state index is 12.0. The number of hydrogen-bond donors (Lipinski definition) is 2. The standard InChI is InChI=1S/C14H17N3O/c1-15-10-11-5-3-6-12(9-11)16-14(18)13-7-4-8-17(13)2/h3-9,15H,10H2,1-2H3,(H,16,18). The molecule has 1 heterocycles. The average molecular weight is 243 g/mol. The Bertz CT molecular complexity index is 545. The number of anilines is 1. The largest absolute Gasteiger partial charge is 0.347 e. The summed E-state index contributed by atoms with van der Waals surface area (Å²) < 4.78 is 1.80. The van der Waals surface area contributed by atoms with Gasteiger partial charge in [0.15, 0.2) is 0 Å². The van der Waals surface area contributed by atoms with E-state index in [9.17, 15) is 4.79 Å². The summed E-state index contributed by atoms with van der Waals surface area (Å²) in [5.74, 6) is -0.0934. The average Bonchev–Trinajstić information content (AvgIpc) is 2.76. The quantitative estimate of drug-likeness (QED) is 0.862. The zero-order valence-electron chi connectivity index (χ0n) is 10.6. The smallest absolute Gasteiger partial charge is 0.272 e. The molecule has 0 aliphatic carbocycles. The molecule has 0 saturated carbocycles. The maximum Gasteiger partial charge on any atom is 0.272 e. The molecule has 4 nitrogen and oxygen atoms in total. The first-order valence-electron chi connectivity index (χ1n) is 5.87. The van der Waals surface area contributed by atoms with Gasteiger partial charge in [-0.05, 0) is 36.9 Å². The number of nitrogens with zero attached hydrogens (tertiary/aromatic N) is 1. The molecule has 2 N–H and O–H groups in total. The number of aryl methyl sites for hydroxylation is 1. The number of benzene rings is 1. The number of carbonyl (C=O) groups excluding carboxylic acids is 1. The molecule has 0 aliphatic heterocycles. The normalized spacial score (nSPS) is 10.3. The second-order valence-electron chi connectivity index (χ2n) is 4.19. The van der Waals surface area contributed by atoms with Crippen LogP contribution in [0, 0.1) is 0 Å². The zero-order chi connectivity index (χ0) is 13.0. The Morgan fingerprint density at radius 3 is 2.78 bits per heavy atom. The van der Waals surface area contributed by atoms with Gasteiger partial charge in [0, 0.05) is 25.5 Å². The fraction of sp³-hybridized carbons (Fsp3) is 0.214. The lowest BCUT2D eigenvalue weighted by Crippen LogP contribution is -2.15. The van der Waals surface area contributed by atoms with E-state index in [0.717, 1.165) is 17.8 Å². The minimum atomic E-state index is -0.0934. The highest BCUT2D eigenvalue weighted by molar-refractivity contribution is 6.03. The van der Waals surface area contributed by atoms with Crippen molar-refractivity contribution in [1.82, 2.24) is 9.88 Å². The summed E-state index contributed by atoms with van der Waals surface area (Å²) in [6.07, 6.45) is 1.85. The summed E-state index contributed by atoms with van der Waals surface area (Å²) in [4.78, 5) is 12.0. The Kier molecular flexibility index (Phi) is 3.79. The lowest BCUT2D eigenvalue weighted by atomic mass is 10.2. The monoisotopic (exact) mass is 243 g/mol. The van der Waals surface area contributed by atoms with Crippen molar-refractivity contribution in [1.29, 1.82) is 0 Å². The van der Waals surface area contributed by atoms with Crippen LogP contribution in [0.4, 0.5) is 5.69 Å². The molecule has 0 fully saturated rings. The first kappa shape index (κ1) is 12.4. The molecule has 4 heteroatoms. The molecule has 2 aromatic rings. The second-order valence-corrected chi connectivity index (χ2v) is 4.19. The van der Waals surface area contributed by atoms with Crippen molar-refractivity contribution >= 4 is 11.6 Å². The van der Waals surface area contributed by atoms with Crippen molar-refractivity contribution in [3.05, 3.63) is 53.9 Å². The highest BCUT2D eigenvalue weighted by Crippen LogP contribution is 2.12. The summed E-state index contributed by atoms with van der Waals surface area (Å²) in [7, 11) is 3.75. The second kappa shape index (κ2) is 5.51. The minimum absolute atomic E-state index is 0.0934. The van der Waals surface area contributed by atoms with Gasteiger partial charge in [-0.15, -0.1) is 0 Å². The highest BCUT2D eigenvalue weighted by Gasteiger charge is 2.08. The molecule has 0 radical (unpaired) electrons. The van der Waals surface area contributed by atoms with Gasteiger partial charge in [-0.1, -0.05) is 12.1 Å². The molecular formula is C14H17N3O. The van der Waals surface area contributed by atoms with Crippen LogP contribution in [-0.4, -0.2) is 17.5 Å². The van der Waals surface area contributed by atoms with Gasteiger partial charge < -0.3 is 15.2 Å². The molecule has 1 amide bonds. The Balaban J connectivity index is 2.12. The Morgan fingerprint density at radius 1 is 1.28 bits per heavy atom. The molecule has 94 valence electrons. The lowest BCUT2D eigenvalue weighted by Gasteiger charge is -2.08. The predicted molar refractivity (Wildman–Crippen MR) is 72.6 cm³/mol. The molecule has 18 heavy (non-hydrogen) atoms. The lowest BCUT2D eigenvalue weighted by molar-refractivity contribution is 0.101. The molecule has 0 saturated heterocycles. The van der Waals surface area contributed by atoms with Crippen molar-refractivity contribution in [2.75, 3.05) is 12.4 Å². The van der Waals surface area contributed by atoms with Gasteiger partial charge in [0.05, 0.1) is 0 Å². The Morgan fingerprint density at radius 2 is 2.11 bits per heavy atom. The van der Waals surface area contributed by atoms with E-state index in [0.29, 0.717) is 5.69 Å². The number of amides is 1. The number of nitrogens with one attached hydrogen (secondary N) is 2. The molecular weight excluding hydrogens is 226 g/mol. The van der Waals surface area contributed by atoms with Crippen LogP contribution in [0.25, 0.3) is 0 Å². The van der Waals surface area contributed by atoms with E-state index >= 15 is 0 Å². The van der Waals surface area contributed by atoms with E-state index in [1.807, 2.05) is 50.6 Å². The topological polar surface area (TPSA) is 46.1 Å². The van der Waals surface area contributed by atoms with Crippen LogP contribution in [0.5, 0.6) is 0 Å². The van der Waals surface area contributed by atoms with Crippen LogP contribution in [0.3, 0.4) is 0 Å². The van der Waals surface area contributed by atoms with E-state index in [4.69, 9.17) is 0 Å². The zero-order valence-corrected chi connectivity index (χ0v) is 10.6. The van der Waals surface area contributed by atoms with Crippen LogP contribution < -0.4 is 10.6 Å². The van der Waals surface area contributed by atoms with Crippen molar-refractivity contribution in [2.24, 2.45) is 7.05 Å². The summed E-state index contributed by atoms with van der Waals surface area (Å²) in [5.41, 5.74) is 2.60. The number of aromatic nitrogens is 1. The van der Waals surface area contributed by atoms with Crippen molar-refractivity contribution in [3.8, 4) is 0 Å². The SMILES string of the molecule is CNCc1cccc(NC(=O)c2cccn2C)c1. The fourth-order valence-electron chi connectivity index (χ4n) is 1.86. The predicted octanol–water partition coefficient (Wildman–Crippen LogP) is 2.00. The Labute approximate surface area is 107 Å². The highest BCUT2D eigenvalue weighted by atomic mass is 16.1. The summed E-state index contributed by atoms with van der Waals surface area (Å²) in [6.45, 7) is 0.786. The van der Waals surface area contributed by atoms with E-state index in [1.54, 1.807) is 10.6 Å². The molecule has 0 bridgehead atoms. The van der Waals surface area contributed by atoms with Crippen molar-refractivity contribution in [3.63, 3.8) is 0 Å². The van der Waals surface area contributed by atoms with Gasteiger partial charge in [0.1, 0.15) is 5.69 Å². The van der Waals surface area contributed by atoms with Crippen molar-refractivity contribution in [2.45, 2.75) is 6.54 Å². The first-order valence-corrected chi connectivity index (χ1v) is 5.87. The summed E-state index contributed by atoms with van der Waals surface area (Å²) in [5, 5.41) is 5.98. The first-order chi connectivity index (χ1) is 8.70. The van der Waals surface area contributed by atoms with Gasteiger partial charge in [0.25, 0.3) is 5.91 Å². The molecule has 0 atom stereocenters. The van der Waals surface area contributed by atoms with Gasteiger partial charge in [0.2, 0.25) is 0 Å². The third kappa shape index (κ3) is 2.78. The number of carbonyl (C=O) groups is 1. The third-order valence-electron chi connectivity index (χ3n) is 2.74. The molecule has 1 aromatic carbocycles. The fourth-order valence-corrected chi connectivity index (χ4v) is 1.86. The van der Waals surface area contributed by atoms with Crippen LogP contribution in [-0.2, 0) is 13.6 Å². The van der Waals surface area contributed by atoms with E-state index in [2.05, 4.69) is 10.6 Å². The number of rotatable bonds is 4. The van der Waals surface area contributed by atoms with Crippen molar-refractivity contribution < 1.29 is 4.79 Å². The maximum atomic E-state index is 12.0. The molecule has 2 rings (SSSR count). The van der Waals surface area contributed by atoms with E-state index < -0.39 is 0 Å². The van der Waals surface area contributed by atoms with Crippen LogP contribution in [0.2, 0.25) is 0 Å². The molecule has 1 aromatic heterocycles. The Hall–Kier alpha value is -2.07. The third-order valence-corrected chi connectivity index (χ3v) is 2.74. The van der Waals surface area contributed by atoms with Gasteiger partial charge >= 0.3 is 0 Å². The van der Waals surface area contributed by atoms with Gasteiger partial charge in [-0.25, -0.2) is 0 Å². The minimum Gasteiger partial charge on any atom is -0.347 e. The summed E-state index contributed by atoms with van der Waals surface area (Å²) in [6, 6.07) is 11.5. The summed E-state index contributed by atoms with van der Waals surface area (Å²) >= 11 is 0. The van der Waals surface area contributed by atoms with E-state index in [1.165, 1.54) is 0 Å². The molecule has 0 spiro atoms. The molecule has 0 aliphatic rings. The van der Waals surface area contributed by atoms with E-state index in [-0.39, 0.29) is 5.91 Å². The van der Waals surface area contributed by atoms with Gasteiger partial charge in [-0.3, -0.25) is 4.79 Å².